The van der Waals surface area contributed by atoms with Crippen LogP contribution in [0.2, 0.25) is 0 Å². The fourth-order valence-electron chi connectivity index (χ4n) is 3.98. The van der Waals surface area contributed by atoms with E-state index in [4.69, 9.17) is 19.7 Å². The van der Waals surface area contributed by atoms with Crippen LogP contribution in [0.3, 0.4) is 0 Å². The molecule has 1 fully saturated rings. The molecule has 29 heavy (non-hydrogen) atoms. The molecule has 0 unspecified atom stereocenters. The van der Waals surface area contributed by atoms with Crippen LogP contribution in [-0.4, -0.2) is 47.8 Å². The number of carbonyl (C=O) groups is 1. The minimum atomic E-state index is -0.902. The zero-order chi connectivity index (χ0) is 20.6. The molecule has 1 N–H and O–H groups in total. The fraction of sp³-hybridized carbons (Fsp3) is 0.545. The van der Waals surface area contributed by atoms with Gasteiger partial charge in [-0.15, -0.1) is 0 Å². The monoisotopic (exact) mass is 464 g/mol. The van der Waals surface area contributed by atoms with Crippen LogP contribution >= 0.6 is 15.9 Å². The molecule has 1 aromatic heterocycles. The predicted octanol–water partition coefficient (Wildman–Crippen LogP) is 4.41. The maximum atomic E-state index is 10.6. The zero-order valence-corrected chi connectivity index (χ0v) is 18.4. The van der Waals surface area contributed by atoms with E-state index in [0.29, 0.717) is 25.0 Å². The van der Waals surface area contributed by atoms with Crippen LogP contribution in [0.5, 0.6) is 0 Å². The first-order valence-corrected chi connectivity index (χ1v) is 11.0. The van der Waals surface area contributed by atoms with E-state index in [1.165, 1.54) is 5.69 Å². The van der Waals surface area contributed by atoms with Crippen LogP contribution in [0.4, 0.5) is 0 Å². The Labute approximate surface area is 180 Å². The van der Waals surface area contributed by atoms with Gasteiger partial charge in [-0.05, 0) is 53.4 Å². The number of aliphatic carboxylic acids is 1. The third kappa shape index (κ3) is 6.14. The molecule has 1 aliphatic carbocycles. The van der Waals surface area contributed by atoms with Crippen LogP contribution < -0.4 is 0 Å². The average molecular weight is 465 g/mol. The van der Waals surface area contributed by atoms with Crippen LogP contribution in [0.15, 0.2) is 34.8 Å². The third-order valence-corrected chi connectivity index (χ3v) is 6.39. The molecule has 7 heteroatoms. The van der Waals surface area contributed by atoms with Gasteiger partial charge in [0.25, 0.3) is 0 Å². The normalized spacial score (nSPS) is 19.4. The third-order valence-electron chi connectivity index (χ3n) is 5.56. The highest BCUT2D eigenvalue weighted by atomic mass is 79.9. The summed E-state index contributed by atoms with van der Waals surface area (Å²) in [4.78, 5) is 10.6. The Morgan fingerprint density at radius 1 is 1.21 bits per heavy atom. The number of halogens is 1. The van der Waals surface area contributed by atoms with Gasteiger partial charge in [0, 0.05) is 25.6 Å². The van der Waals surface area contributed by atoms with Gasteiger partial charge in [0.2, 0.25) is 0 Å². The summed E-state index contributed by atoms with van der Waals surface area (Å²) in [5.41, 5.74) is 3.26. The van der Waals surface area contributed by atoms with E-state index in [0.717, 1.165) is 54.4 Å². The Hall–Kier alpha value is -1.70. The molecule has 158 valence electrons. The Kier molecular flexibility index (Phi) is 8.27. The number of carboxylic acid groups (broad SMARTS) is 1. The van der Waals surface area contributed by atoms with Gasteiger partial charge < -0.3 is 14.6 Å². The SMILES string of the molecule is COCCc1c(Br)c(-c2ccccc2)nn1C[C@H]1CC[C@H](COCC(=O)O)CC1. The minimum absolute atomic E-state index is 0.202. The van der Waals surface area contributed by atoms with Crippen molar-refractivity contribution in [3.8, 4) is 11.3 Å². The highest BCUT2D eigenvalue weighted by Gasteiger charge is 2.24. The molecule has 3 rings (SSSR count). The number of hydrogen-bond donors (Lipinski definition) is 1. The maximum absolute atomic E-state index is 10.6. The Morgan fingerprint density at radius 3 is 2.55 bits per heavy atom. The van der Waals surface area contributed by atoms with E-state index < -0.39 is 5.97 Å². The van der Waals surface area contributed by atoms with Crippen molar-refractivity contribution < 1.29 is 19.4 Å². The molecule has 2 aromatic rings. The first kappa shape index (κ1) is 22.0. The molecule has 1 saturated carbocycles. The van der Waals surface area contributed by atoms with E-state index in [1.807, 2.05) is 18.2 Å². The molecule has 0 radical (unpaired) electrons. The summed E-state index contributed by atoms with van der Waals surface area (Å²) in [5, 5.41) is 13.6. The number of benzene rings is 1. The largest absolute Gasteiger partial charge is 0.480 e. The summed E-state index contributed by atoms with van der Waals surface area (Å²) in [6.07, 6.45) is 5.19. The van der Waals surface area contributed by atoms with Crippen LogP contribution in [-0.2, 0) is 27.2 Å². The van der Waals surface area contributed by atoms with Crippen molar-refractivity contribution in [2.75, 3.05) is 26.9 Å². The molecule has 0 aliphatic heterocycles. The van der Waals surface area contributed by atoms with Gasteiger partial charge in [-0.3, -0.25) is 4.68 Å². The van der Waals surface area contributed by atoms with Crippen molar-refractivity contribution in [3.63, 3.8) is 0 Å². The van der Waals surface area contributed by atoms with Gasteiger partial charge in [0.15, 0.2) is 0 Å². The summed E-state index contributed by atoms with van der Waals surface area (Å²) >= 11 is 3.78. The molecule has 1 aromatic carbocycles. The lowest BCUT2D eigenvalue weighted by Crippen LogP contribution is -2.24. The molecule has 1 heterocycles. The van der Waals surface area contributed by atoms with E-state index >= 15 is 0 Å². The molecule has 0 amide bonds. The van der Waals surface area contributed by atoms with Crippen molar-refractivity contribution in [1.82, 2.24) is 9.78 Å². The highest BCUT2D eigenvalue weighted by molar-refractivity contribution is 9.10. The molecular formula is C22H29BrN2O4. The highest BCUT2D eigenvalue weighted by Crippen LogP contribution is 2.34. The number of carboxylic acids is 1. The maximum Gasteiger partial charge on any atom is 0.329 e. The van der Waals surface area contributed by atoms with Crippen LogP contribution in [0, 0.1) is 11.8 Å². The minimum Gasteiger partial charge on any atom is -0.480 e. The first-order valence-electron chi connectivity index (χ1n) is 10.2. The second-order valence-electron chi connectivity index (χ2n) is 7.70. The molecule has 0 bridgehead atoms. The quantitative estimate of drug-likeness (QED) is 0.563. The number of hydrogen-bond acceptors (Lipinski definition) is 4. The van der Waals surface area contributed by atoms with Crippen LogP contribution in [0.25, 0.3) is 11.3 Å². The number of aromatic nitrogens is 2. The second kappa shape index (κ2) is 10.9. The van der Waals surface area contributed by atoms with E-state index in [-0.39, 0.29) is 6.61 Å². The Morgan fingerprint density at radius 2 is 1.90 bits per heavy atom. The summed E-state index contributed by atoms with van der Waals surface area (Å²) in [7, 11) is 1.72. The van der Waals surface area contributed by atoms with E-state index in [2.05, 4.69) is 32.7 Å². The number of nitrogens with zero attached hydrogens (tertiary/aromatic N) is 2. The van der Waals surface area contributed by atoms with Crippen molar-refractivity contribution in [2.45, 2.75) is 38.6 Å². The molecular weight excluding hydrogens is 436 g/mol. The summed E-state index contributed by atoms with van der Waals surface area (Å²) in [6, 6.07) is 10.2. The average Bonchev–Trinajstić information content (AvgIpc) is 3.03. The predicted molar refractivity (Wildman–Crippen MR) is 115 cm³/mol. The van der Waals surface area contributed by atoms with Gasteiger partial charge in [0.05, 0.1) is 23.4 Å². The number of ether oxygens (including phenoxy) is 2. The van der Waals surface area contributed by atoms with Crippen molar-refractivity contribution in [3.05, 3.63) is 40.5 Å². The zero-order valence-electron chi connectivity index (χ0n) is 16.8. The van der Waals surface area contributed by atoms with Crippen molar-refractivity contribution >= 4 is 21.9 Å². The smallest absolute Gasteiger partial charge is 0.329 e. The van der Waals surface area contributed by atoms with Gasteiger partial charge in [-0.25, -0.2) is 4.79 Å². The molecule has 6 nitrogen and oxygen atoms in total. The van der Waals surface area contributed by atoms with E-state index in [9.17, 15) is 4.79 Å². The first-order chi connectivity index (χ1) is 14.1. The number of methoxy groups -OCH3 is 1. The van der Waals surface area contributed by atoms with E-state index in [1.54, 1.807) is 7.11 Å². The van der Waals surface area contributed by atoms with Crippen LogP contribution in [0.1, 0.15) is 31.4 Å². The lowest BCUT2D eigenvalue weighted by atomic mass is 9.82. The van der Waals surface area contributed by atoms with Gasteiger partial charge in [-0.2, -0.15) is 5.10 Å². The summed E-state index contributed by atoms with van der Waals surface area (Å²) in [5.74, 6) is 0.131. The van der Waals surface area contributed by atoms with Crippen molar-refractivity contribution in [1.29, 1.82) is 0 Å². The lowest BCUT2D eigenvalue weighted by molar-refractivity contribution is -0.142. The molecule has 0 saturated heterocycles. The Balaban J connectivity index is 1.65. The van der Waals surface area contributed by atoms with Gasteiger partial charge in [-0.1, -0.05) is 30.3 Å². The van der Waals surface area contributed by atoms with Gasteiger partial charge in [0.1, 0.15) is 12.3 Å². The van der Waals surface area contributed by atoms with Crippen molar-refractivity contribution in [2.24, 2.45) is 11.8 Å². The van der Waals surface area contributed by atoms with Gasteiger partial charge >= 0.3 is 5.97 Å². The summed E-state index contributed by atoms with van der Waals surface area (Å²) < 4.78 is 13.8. The molecule has 0 spiro atoms. The number of rotatable bonds is 10. The molecule has 1 aliphatic rings. The second-order valence-corrected chi connectivity index (χ2v) is 8.49. The topological polar surface area (TPSA) is 73.6 Å². The Bertz CT molecular complexity index is 786. The molecule has 0 atom stereocenters. The lowest BCUT2D eigenvalue weighted by Gasteiger charge is -2.28. The fourth-order valence-corrected chi connectivity index (χ4v) is 4.69. The standard InChI is InChI=1S/C22H29BrN2O4/c1-28-12-11-19-21(23)22(18-5-3-2-4-6-18)24-25(19)13-16-7-9-17(10-8-16)14-29-15-20(26)27/h2-6,16-17H,7-15H2,1H3,(H,26,27)/t16-,17-. The summed E-state index contributed by atoms with van der Waals surface area (Å²) in [6.45, 7) is 1.90.